The Morgan fingerprint density at radius 3 is 2.67 bits per heavy atom. The Labute approximate surface area is 147 Å². The molecule has 0 amide bonds. The molecule has 0 aromatic rings. The van der Waals surface area contributed by atoms with Gasteiger partial charge < -0.3 is 9.84 Å². The summed E-state index contributed by atoms with van der Waals surface area (Å²) in [6.45, 7) is 6.23. The minimum absolute atomic E-state index is 0.0141. The van der Waals surface area contributed by atoms with Gasteiger partial charge in [-0.3, -0.25) is 4.79 Å². The van der Waals surface area contributed by atoms with Crippen molar-refractivity contribution in [3.8, 4) is 0 Å². The highest BCUT2D eigenvalue weighted by Gasteiger charge is 2.60. The van der Waals surface area contributed by atoms with E-state index in [9.17, 15) is 9.90 Å². The molecule has 3 nitrogen and oxygen atoms in total. The number of ether oxygens (including phenoxy) is 1. The third-order valence-corrected chi connectivity index (χ3v) is 8.49. The maximum atomic E-state index is 11.3. The van der Waals surface area contributed by atoms with Crippen LogP contribution in [0.5, 0.6) is 0 Å². The van der Waals surface area contributed by atoms with Gasteiger partial charge in [-0.1, -0.05) is 20.3 Å². The van der Waals surface area contributed by atoms with E-state index in [0.29, 0.717) is 17.8 Å². The summed E-state index contributed by atoms with van der Waals surface area (Å²) in [6, 6.07) is 0. The van der Waals surface area contributed by atoms with Crippen molar-refractivity contribution in [3.63, 3.8) is 0 Å². The number of hydrogen-bond acceptors (Lipinski definition) is 3. The molecule has 4 rings (SSSR count). The molecule has 0 aliphatic heterocycles. The zero-order chi connectivity index (χ0) is 18.0. The zero-order valence-corrected chi connectivity index (χ0v) is 15.5. The molecule has 4 aliphatic rings. The molecule has 4 fully saturated rings. The van der Waals surface area contributed by atoms with Crippen LogP contribution in [-0.4, -0.2) is 23.3 Å². The molecular formula is C21H34O3. The molecule has 0 heterocycles. The van der Waals surface area contributed by atoms with Crippen molar-refractivity contribution < 1.29 is 16.0 Å². The van der Waals surface area contributed by atoms with E-state index < -0.39 is 0 Å². The first-order valence-electron chi connectivity index (χ1n) is 10.6. The summed E-state index contributed by atoms with van der Waals surface area (Å²) in [5.41, 5.74) is 0.333. The largest absolute Gasteiger partial charge is 0.463 e. The summed E-state index contributed by atoms with van der Waals surface area (Å²) in [7, 11) is 0. The predicted molar refractivity (Wildman–Crippen MR) is 93.3 cm³/mol. The second-order valence-corrected chi connectivity index (χ2v) is 9.62. The molecule has 4 aliphatic carbocycles. The highest BCUT2D eigenvalue weighted by Crippen LogP contribution is 2.66. The van der Waals surface area contributed by atoms with Gasteiger partial charge in [0.25, 0.3) is 0 Å². The summed E-state index contributed by atoms with van der Waals surface area (Å²) >= 11 is 0. The van der Waals surface area contributed by atoms with Gasteiger partial charge in [0, 0.05) is 8.29 Å². The Hall–Kier alpha value is -0.570. The number of carbonyl (C=O) groups is 1. The third-order valence-electron chi connectivity index (χ3n) is 8.49. The maximum Gasteiger partial charge on any atom is 0.302 e. The van der Waals surface area contributed by atoms with Gasteiger partial charge in [-0.25, -0.2) is 0 Å². The van der Waals surface area contributed by atoms with Crippen molar-refractivity contribution >= 4 is 5.97 Å². The minimum Gasteiger partial charge on any atom is -0.463 e. The van der Waals surface area contributed by atoms with Gasteiger partial charge >= 0.3 is 5.97 Å². The topological polar surface area (TPSA) is 46.5 Å². The van der Waals surface area contributed by atoms with E-state index in [1.165, 1.54) is 26.2 Å². The molecule has 1 N–H and O–H groups in total. The lowest BCUT2D eigenvalue weighted by Gasteiger charge is -2.61. The first-order chi connectivity index (χ1) is 11.8. The van der Waals surface area contributed by atoms with Crippen LogP contribution < -0.4 is 0 Å². The number of aliphatic hydroxyl groups is 1. The fourth-order valence-electron chi connectivity index (χ4n) is 7.34. The second kappa shape index (κ2) is 5.72. The first-order valence-corrected chi connectivity index (χ1v) is 10.0. The molecule has 3 heteroatoms. The van der Waals surface area contributed by atoms with Crippen LogP contribution in [0, 0.1) is 34.5 Å². The van der Waals surface area contributed by atoms with Gasteiger partial charge in [-0.2, -0.15) is 0 Å². The lowest BCUT2D eigenvalue weighted by atomic mass is 9.44. The van der Waals surface area contributed by atoms with Crippen molar-refractivity contribution in [1.82, 2.24) is 0 Å². The van der Waals surface area contributed by atoms with E-state index in [-0.39, 0.29) is 41.3 Å². The van der Waals surface area contributed by atoms with Gasteiger partial charge in [0.05, 0.1) is 6.10 Å². The lowest BCUT2D eigenvalue weighted by Crippen LogP contribution is -2.58. The van der Waals surface area contributed by atoms with Crippen LogP contribution in [0.25, 0.3) is 0 Å². The molecule has 0 bridgehead atoms. The summed E-state index contributed by atoms with van der Waals surface area (Å²) in [5.74, 6) is 1.92. The third kappa shape index (κ3) is 2.45. The molecule has 0 spiro atoms. The Balaban J connectivity index is 1.58. The summed E-state index contributed by atoms with van der Waals surface area (Å²) < 4.78 is 14.0. The van der Waals surface area contributed by atoms with Crippen molar-refractivity contribution in [3.05, 3.63) is 0 Å². The predicted octanol–water partition coefficient (Wildman–Crippen LogP) is 4.32. The number of esters is 1. The minimum atomic E-state index is -0.281. The van der Waals surface area contributed by atoms with Crippen LogP contribution in [0.4, 0.5) is 0 Å². The van der Waals surface area contributed by atoms with Crippen molar-refractivity contribution in [1.29, 1.82) is 0 Å². The van der Waals surface area contributed by atoms with Crippen LogP contribution in [0.1, 0.15) is 79.9 Å². The first kappa shape index (κ1) is 15.7. The summed E-state index contributed by atoms with van der Waals surface area (Å²) in [4.78, 5) is 11.3. The Morgan fingerprint density at radius 1 is 1.12 bits per heavy atom. The van der Waals surface area contributed by atoms with E-state index >= 15 is 0 Å². The van der Waals surface area contributed by atoms with Crippen molar-refractivity contribution in [2.24, 2.45) is 34.5 Å². The number of hydrogen-bond donors (Lipinski definition) is 1. The van der Waals surface area contributed by atoms with Crippen LogP contribution in [0.2, 0.25) is 0 Å². The van der Waals surface area contributed by atoms with Crippen LogP contribution in [0.15, 0.2) is 0 Å². The number of aliphatic hydroxyl groups excluding tert-OH is 1. The Bertz CT molecular complexity index is 551. The van der Waals surface area contributed by atoms with Crippen LogP contribution in [-0.2, 0) is 9.53 Å². The van der Waals surface area contributed by atoms with E-state index in [2.05, 4.69) is 13.8 Å². The highest BCUT2D eigenvalue weighted by molar-refractivity contribution is 5.66. The number of carbonyl (C=O) groups excluding carboxylic acids is 1. The Morgan fingerprint density at radius 2 is 1.92 bits per heavy atom. The fraction of sp³-hybridized carbons (Fsp3) is 0.952. The smallest absolute Gasteiger partial charge is 0.302 e. The molecule has 9 atom stereocenters. The normalized spacial score (nSPS) is 57.3. The molecule has 0 saturated heterocycles. The zero-order valence-electron chi connectivity index (χ0n) is 16.5. The average molecular weight is 336 g/mol. The van der Waals surface area contributed by atoms with E-state index in [1.807, 2.05) is 0 Å². The maximum absolute atomic E-state index is 11.3. The van der Waals surface area contributed by atoms with Crippen molar-refractivity contribution in [2.75, 3.05) is 0 Å². The second-order valence-electron chi connectivity index (χ2n) is 9.62. The standard InChI is InChI=1S/C21H34O3/c1-13(22)24-14-6-10-21(3)17-7-9-20(2)8-4-5-16(20)15(17)12-19(23)18(21)11-14/h14-19,23H,4-12H2,1-3H3/t14-,15-,16-,17-,18?,19?,20+,21+/m0/s1/i8D/t8-,14+,15+,16+,17+,18?,19?,20-,21-/m1. The monoisotopic (exact) mass is 335 g/mol. The highest BCUT2D eigenvalue weighted by atomic mass is 16.5. The number of fused-ring (bicyclic) bond motifs is 5. The van der Waals surface area contributed by atoms with Gasteiger partial charge in [0.2, 0.25) is 0 Å². The van der Waals surface area contributed by atoms with Gasteiger partial charge in [0.15, 0.2) is 0 Å². The molecule has 4 saturated carbocycles. The van der Waals surface area contributed by atoms with E-state index in [4.69, 9.17) is 6.11 Å². The van der Waals surface area contributed by atoms with Gasteiger partial charge in [0.1, 0.15) is 6.10 Å². The lowest BCUT2D eigenvalue weighted by molar-refractivity contribution is -0.179. The van der Waals surface area contributed by atoms with Crippen molar-refractivity contribution in [2.45, 2.75) is 90.7 Å². The SMILES string of the molecule is [2H][C@@H]1CC[C@H]2[C@@H]3CC(O)C4C[C@@H](OC(C)=O)CC[C@]4(C)[C@H]3CC[C@@]12C. The number of rotatable bonds is 1. The van der Waals surface area contributed by atoms with Gasteiger partial charge in [-0.15, -0.1) is 0 Å². The van der Waals surface area contributed by atoms with Crippen LogP contribution in [0.3, 0.4) is 0 Å². The summed E-state index contributed by atoms with van der Waals surface area (Å²) in [5, 5.41) is 11.0. The molecule has 0 aromatic carbocycles. The fourth-order valence-corrected chi connectivity index (χ4v) is 7.34. The Kier molecular flexibility index (Phi) is 3.74. The molecule has 2 unspecified atom stereocenters. The molecule has 0 radical (unpaired) electrons. The molecule has 136 valence electrons. The quantitative estimate of drug-likeness (QED) is 0.726. The molecule has 0 aromatic heterocycles. The average Bonchev–Trinajstić information content (AvgIpc) is 2.84. The molecular weight excluding hydrogens is 300 g/mol. The van der Waals surface area contributed by atoms with E-state index in [0.717, 1.165) is 32.1 Å². The van der Waals surface area contributed by atoms with E-state index in [1.54, 1.807) is 0 Å². The summed E-state index contributed by atoms with van der Waals surface area (Å²) in [6.07, 6.45) is 8.10. The van der Waals surface area contributed by atoms with Crippen LogP contribution >= 0.6 is 0 Å². The molecule has 24 heavy (non-hydrogen) atoms. The van der Waals surface area contributed by atoms with Gasteiger partial charge in [-0.05, 0) is 85.8 Å².